The molecule has 2 aliphatic rings. The van der Waals surface area contributed by atoms with Crippen LogP contribution in [0.3, 0.4) is 0 Å². The van der Waals surface area contributed by atoms with E-state index in [1.54, 1.807) is 0 Å². The summed E-state index contributed by atoms with van der Waals surface area (Å²) in [5, 5.41) is 0. The second-order valence-electron chi connectivity index (χ2n) is 6.92. The normalized spacial score (nSPS) is 13.9. The topological polar surface area (TPSA) is 139 Å². The van der Waals surface area contributed by atoms with Crippen LogP contribution in [0.4, 0.5) is 0 Å². The highest BCUT2D eigenvalue weighted by atomic mass is 16.6. The molecule has 2 heterocycles. The third kappa shape index (κ3) is 4.24. The van der Waals surface area contributed by atoms with Crippen molar-refractivity contribution in [1.29, 1.82) is 0 Å². The van der Waals surface area contributed by atoms with Crippen LogP contribution in [-0.2, 0) is 19.1 Å². The summed E-state index contributed by atoms with van der Waals surface area (Å²) in [4.78, 5) is 69.8. The van der Waals surface area contributed by atoms with E-state index in [-0.39, 0.29) is 46.6 Å². The van der Waals surface area contributed by atoms with Crippen LogP contribution in [0.15, 0.2) is 36.4 Å². The van der Waals surface area contributed by atoms with Crippen LogP contribution in [-0.4, -0.2) is 35.8 Å². The predicted octanol–water partition coefficient (Wildman–Crippen LogP) is 2.38. The number of hydrogen-bond donors (Lipinski definition) is 0. The molecule has 0 N–H and O–H groups in total. The zero-order valence-electron chi connectivity index (χ0n) is 16.4. The number of unbranched alkanes of at least 4 members (excludes halogenated alkanes) is 1. The lowest BCUT2D eigenvalue weighted by Gasteiger charge is -2.06. The number of ether oxygens (including phenoxy) is 4. The van der Waals surface area contributed by atoms with E-state index in [0.29, 0.717) is 12.8 Å². The highest BCUT2D eigenvalue weighted by Crippen LogP contribution is 2.26. The van der Waals surface area contributed by atoms with Gasteiger partial charge in [0.25, 0.3) is 0 Å². The predicted molar refractivity (Wildman–Crippen MR) is 102 cm³/mol. The van der Waals surface area contributed by atoms with Gasteiger partial charge in [0.2, 0.25) is 0 Å². The van der Waals surface area contributed by atoms with Crippen molar-refractivity contribution in [3.8, 4) is 11.5 Å². The summed E-state index contributed by atoms with van der Waals surface area (Å²) >= 11 is 0. The van der Waals surface area contributed by atoms with E-state index in [4.69, 9.17) is 9.47 Å². The van der Waals surface area contributed by atoms with Gasteiger partial charge in [-0.15, -0.1) is 0 Å². The largest absolute Gasteiger partial charge is 0.427 e. The van der Waals surface area contributed by atoms with Gasteiger partial charge < -0.3 is 18.9 Å². The number of hydrogen-bond acceptors (Lipinski definition) is 10. The van der Waals surface area contributed by atoms with Crippen molar-refractivity contribution in [2.75, 3.05) is 0 Å². The molecule has 0 radical (unpaired) electrons. The maximum atomic E-state index is 12.0. The monoisotopic (exact) mass is 438 g/mol. The van der Waals surface area contributed by atoms with Crippen LogP contribution in [0.25, 0.3) is 0 Å². The Balaban J connectivity index is 1.21. The number of benzene rings is 2. The smallest absolute Gasteiger partial charge is 0.347 e. The molecule has 4 rings (SSSR count). The molecule has 0 aromatic heterocycles. The molecule has 0 amide bonds. The van der Waals surface area contributed by atoms with Crippen LogP contribution < -0.4 is 9.47 Å². The Morgan fingerprint density at radius 1 is 0.594 bits per heavy atom. The molecule has 2 aromatic carbocycles. The molecule has 0 spiro atoms. The van der Waals surface area contributed by atoms with Gasteiger partial charge in [0, 0.05) is 12.8 Å². The van der Waals surface area contributed by atoms with E-state index in [1.807, 2.05) is 0 Å². The summed E-state index contributed by atoms with van der Waals surface area (Å²) in [6.45, 7) is 0. The van der Waals surface area contributed by atoms with Gasteiger partial charge in [-0.3, -0.25) is 9.59 Å². The van der Waals surface area contributed by atoms with Crippen molar-refractivity contribution in [1.82, 2.24) is 0 Å². The van der Waals surface area contributed by atoms with Crippen molar-refractivity contribution in [2.45, 2.75) is 25.7 Å². The number of carbonyl (C=O) groups excluding carboxylic acids is 6. The van der Waals surface area contributed by atoms with Crippen molar-refractivity contribution < 1.29 is 47.7 Å². The molecule has 0 saturated carbocycles. The highest BCUT2D eigenvalue weighted by Gasteiger charge is 2.31. The molecule has 0 aliphatic carbocycles. The van der Waals surface area contributed by atoms with Gasteiger partial charge in [-0.25, -0.2) is 19.2 Å². The maximum absolute atomic E-state index is 12.0. The van der Waals surface area contributed by atoms with Gasteiger partial charge in [-0.1, -0.05) is 0 Å². The quantitative estimate of drug-likeness (QED) is 0.274. The first-order valence-corrected chi connectivity index (χ1v) is 9.54. The number of rotatable bonds is 7. The molecule has 2 aliphatic heterocycles. The third-order valence-electron chi connectivity index (χ3n) is 4.71. The molecule has 10 heteroatoms. The second-order valence-corrected chi connectivity index (χ2v) is 6.92. The van der Waals surface area contributed by atoms with E-state index in [9.17, 15) is 28.8 Å². The molecule has 0 fully saturated rings. The van der Waals surface area contributed by atoms with Crippen molar-refractivity contribution in [2.24, 2.45) is 0 Å². The molecule has 10 nitrogen and oxygen atoms in total. The van der Waals surface area contributed by atoms with Crippen LogP contribution in [0, 0.1) is 0 Å². The molecular weight excluding hydrogens is 424 g/mol. The lowest BCUT2D eigenvalue weighted by molar-refractivity contribution is -0.136. The fourth-order valence-electron chi connectivity index (χ4n) is 3.16. The summed E-state index contributed by atoms with van der Waals surface area (Å²) in [5.41, 5.74) is 0.291. The van der Waals surface area contributed by atoms with Crippen LogP contribution in [0.2, 0.25) is 0 Å². The van der Waals surface area contributed by atoms with Gasteiger partial charge in [0.15, 0.2) is 0 Å². The number of fused-ring (bicyclic) bond motifs is 2. The zero-order chi connectivity index (χ0) is 22.8. The Kier molecular flexibility index (Phi) is 5.50. The zero-order valence-corrected chi connectivity index (χ0v) is 16.4. The van der Waals surface area contributed by atoms with Crippen molar-refractivity contribution in [3.63, 3.8) is 0 Å². The van der Waals surface area contributed by atoms with Crippen molar-refractivity contribution >= 4 is 35.8 Å². The summed E-state index contributed by atoms with van der Waals surface area (Å²) in [7, 11) is 0. The van der Waals surface area contributed by atoms with Gasteiger partial charge >= 0.3 is 35.8 Å². The first-order valence-electron chi connectivity index (χ1n) is 9.54. The summed E-state index contributed by atoms with van der Waals surface area (Å²) in [5.74, 6) is -4.02. The summed E-state index contributed by atoms with van der Waals surface area (Å²) in [6, 6.07) is 7.98. The lowest BCUT2D eigenvalue weighted by atomic mass is 10.1. The van der Waals surface area contributed by atoms with E-state index in [1.165, 1.54) is 36.4 Å². The Hall–Kier alpha value is -4.34. The Bertz CT molecular complexity index is 1100. The van der Waals surface area contributed by atoms with E-state index in [0.717, 1.165) is 0 Å². The molecule has 0 unspecified atom stereocenters. The van der Waals surface area contributed by atoms with Crippen LogP contribution in [0.1, 0.15) is 67.1 Å². The maximum Gasteiger partial charge on any atom is 0.347 e. The Labute approximate surface area is 180 Å². The van der Waals surface area contributed by atoms with Gasteiger partial charge in [-0.05, 0) is 49.2 Å². The van der Waals surface area contributed by atoms with Crippen LogP contribution in [0.5, 0.6) is 11.5 Å². The fraction of sp³-hybridized carbons (Fsp3) is 0.182. The third-order valence-corrected chi connectivity index (χ3v) is 4.71. The molecule has 2 aromatic rings. The minimum atomic E-state index is -0.798. The minimum Gasteiger partial charge on any atom is -0.427 e. The summed E-state index contributed by atoms with van der Waals surface area (Å²) in [6.07, 6.45) is 0.704. The highest BCUT2D eigenvalue weighted by molar-refractivity contribution is 6.15. The van der Waals surface area contributed by atoms with Gasteiger partial charge in [0.1, 0.15) is 11.5 Å². The van der Waals surface area contributed by atoms with Gasteiger partial charge in [-0.2, -0.15) is 0 Å². The molecule has 32 heavy (non-hydrogen) atoms. The Morgan fingerprint density at radius 3 is 1.38 bits per heavy atom. The number of cyclic esters (lactones) is 4. The average Bonchev–Trinajstić information content (AvgIpc) is 3.19. The van der Waals surface area contributed by atoms with Crippen LogP contribution >= 0.6 is 0 Å². The first kappa shape index (κ1) is 20.9. The molecular formula is C22H14O10. The fourth-order valence-corrected chi connectivity index (χ4v) is 3.16. The minimum absolute atomic E-state index is 0.0144. The molecule has 0 saturated heterocycles. The second kappa shape index (κ2) is 8.42. The lowest BCUT2D eigenvalue weighted by Crippen LogP contribution is -2.10. The summed E-state index contributed by atoms with van der Waals surface area (Å²) < 4.78 is 19.2. The molecule has 0 atom stereocenters. The molecule has 162 valence electrons. The molecule has 0 bridgehead atoms. The average molecular weight is 438 g/mol. The number of carbonyl (C=O) groups is 6. The first-order chi connectivity index (χ1) is 15.3. The van der Waals surface area contributed by atoms with Gasteiger partial charge in [0.05, 0.1) is 22.3 Å². The van der Waals surface area contributed by atoms with E-state index >= 15 is 0 Å². The Morgan fingerprint density at radius 2 is 0.969 bits per heavy atom. The van der Waals surface area contributed by atoms with Crippen molar-refractivity contribution in [3.05, 3.63) is 58.7 Å². The SMILES string of the molecule is O=C(CCCCC(=O)Oc1ccc2c(c1)C(=O)OC2=O)Oc1ccc2c(c1)C(=O)OC2=O. The number of esters is 6. The standard InChI is InChI=1S/C22H14O10/c23-17(29-11-5-7-13-15(9-11)21(27)31-19(13)25)3-1-2-4-18(24)30-12-6-8-14-16(10-12)22(28)32-20(14)26/h5-10H,1-4H2. The van der Waals surface area contributed by atoms with E-state index in [2.05, 4.69) is 9.47 Å². The van der Waals surface area contributed by atoms with E-state index < -0.39 is 35.8 Å².